The first kappa shape index (κ1) is 12.2. The van der Waals surface area contributed by atoms with Crippen LogP contribution in [-0.2, 0) is 4.74 Å². The van der Waals surface area contributed by atoms with Crippen LogP contribution < -0.4 is 5.32 Å². The molecule has 1 N–H and O–H groups in total. The molecule has 0 aromatic rings. The van der Waals surface area contributed by atoms with Crippen molar-refractivity contribution in [3.63, 3.8) is 0 Å². The van der Waals surface area contributed by atoms with Gasteiger partial charge < -0.3 is 10.1 Å². The Hall–Kier alpha value is 0.210. The van der Waals surface area contributed by atoms with Crippen molar-refractivity contribution in [2.24, 2.45) is 0 Å². The van der Waals surface area contributed by atoms with Crippen molar-refractivity contribution in [3.8, 4) is 0 Å². The molecule has 0 aliphatic rings. The maximum absolute atomic E-state index is 5.77. The maximum Gasteiger partial charge on any atom is 0.0634 e. The minimum Gasteiger partial charge on any atom is -0.379 e. The number of alkyl halides is 1. The van der Waals surface area contributed by atoms with Gasteiger partial charge in [-0.2, -0.15) is 0 Å². The highest BCUT2D eigenvalue weighted by atomic mass is 35.5. The van der Waals surface area contributed by atoms with Crippen molar-refractivity contribution in [1.82, 2.24) is 5.32 Å². The van der Waals surface area contributed by atoms with Crippen LogP contribution in [0.3, 0.4) is 0 Å². The zero-order valence-corrected chi connectivity index (χ0v) is 9.24. The minimum absolute atomic E-state index is 0.0252. The zero-order chi connectivity index (χ0) is 9.61. The highest BCUT2D eigenvalue weighted by molar-refractivity contribution is 6.20. The van der Waals surface area contributed by atoms with Crippen LogP contribution >= 0.6 is 11.6 Å². The highest BCUT2D eigenvalue weighted by Crippen LogP contribution is 2.11. The van der Waals surface area contributed by atoms with Gasteiger partial charge in [-0.05, 0) is 33.7 Å². The van der Waals surface area contributed by atoms with E-state index >= 15 is 0 Å². The van der Waals surface area contributed by atoms with Gasteiger partial charge in [0.2, 0.25) is 0 Å². The average Bonchev–Trinajstić information content (AvgIpc) is 1.98. The standard InChI is InChI=1S/C9H20ClNO/c1-8(10)7-11-6-5-9(2,3)12-4/h8,11H,5-7H2,1-4H3. The van der Waals surface area contributed by atoms with Crippen molar-refractivity contribution >= 4 is 11.6 Å². The number of methoxy groups -OCH3 is 1. The number of ether oxygens (including phenoxy) is 1. The van der Waals surface area contributed by atoms with E-state index in [1.807, 2.05) is 6.92 Å². The first-order valence-corrected chi connectivity index (χ1v) is 4.81. The molecular formula is C9H20ClNO. The Morgan fingerprint density at radius 3 is 2.50 bits per heavy atom. The molecule has 3 heteroatoms. The van der Waals surface area contributed by atoms with Crippen LogP contribution in [0.1, 0.15) is 27.2 Å². The Bertz CT molecular complexity index is 115. The number of halogens is 1. The normalized spacial score (nSPS) is 14.8. The summed E-state index contributed by atoms with van der Waals surface area (Å²) in [6, 6.07) is 0. The minimum atomic E-state index is -0.0252. The molecule has 0 saturated heterocycles. The van der Waals surface area contributed by atoms with Gasteiger partial charge in [0, 0.05) is 19.0 Å². The quantitative estimate of drug-likeness (QED) is 0.515. The van der Waals surface area contributed by atoms with E-state index in [1.165, 1.54) is 0 Å². The summed E-state index contributed by atoms with van der Waals surface area (Å²) in [4.78, 5) is 0. The molecule has 1 atom stereocenters. The van der Waals surface area contributed by atoms with Gasteiger partial charge in [-0.25, -0.2) is 0 Å². The van der Waals surface area contributed by atoms with Crippen molar-refractivity contribution in [3.05, 3.63) is 0 Å². The molecule has 12 heavy (non-hydrogen) atoms. The van der Waals surface area contributed by atoms with Crippen LogP contribution in [0.15, 0.2) is 0 Å². The Morgan fingerprint density at radius 1 is 1.50 bits per heavy atom. The van der Waals surface area contributed by atoms with Gasteiger partial charge in [-0.1, -0.05) is 0 Å². The third kappa shape index (κ3) is 6.89. The van der Waals surface area contributed by atoms with Crippen LogP contribution in [0.2, 0.25) is 0 Å². The summed E-state index contributed by atoms with van der Waals surface area (Å²) in [5.41, 5.74) is -0.0252. The van der Waals surface area contributed by atoms with Crippen molar-refractivity contribution in [2.75, 3.05) is 20.2 Å². The molecule has 0 spiro atoms. The van der Waals surface area contributed by atoms with E-state index in [0.717, 1.165) is 19.5 Å². The molecule has 0 amide bonds. The van der Waals surface area contributed by atoms with E-state index in [-0.39, 0.29) is 11.0 Å². The van der Waals surface area contributed by atoms with Crippen LogP contribution in [0.25, 0.3) is 0 Å². The molecule has 74 valence electrons. The molecule has 0 aromatic carbocycles. The SMILES string of the molecule is COC(C)(C)CCNCC(C)Cl. The lowest BCUT2D eigenvalue weighted by Gasteiger charge is -2.22. The second-order valence-electron chi connectivity index (χ2n) is 3.70. The van der Waals surface area contributed by atoms with Gasteiger partial charge in [0.25, 0.3) is 0 Å². The predicted octanol–water partition coefficient (Wildman–Crippen LogP) is 2.02. The van der Waals surface area contributed by atoms with Gasteiger partial charge in [-0.15, -0.1) is 11.6 Å². The smallest absolute Gasteiger partial charge is 0.0634 e. The van der Waals surface area contributed by atoms with Gasteiger partial charge in [-0.3, -0.25) is 0 Å². The lowest BCUT2D eigenvalue weighted by atomic mass is 10.1. The molecule has 0 heterocycles. The monoisotopic (exact) mass is 193 g/mol. The maximum atomic E-state index is 5.77. The average molecular weight is 194 g/mol. The third-order valence-corrected chi connectivity index (χ3v) is 2.04. The topological polar surface area (TPSA) is 21.3 Å². The van der Waals surface area contributed by atoms with Gasteiger partial charge in [0.15, 0.2) is 0 Å². The predicted molar refractivity (Wildman–Crippen MR) is 53.9 cm³/mol. The summed E-state index contributed by atoms with van der Waals surface area (Å²) in [5.74, 6) is 0. The lowest BCUT2D eigenvalue weighted by Crippen LogP contribution is -2.31. The van der Waals surface area contributed by atoms with Crippen LogP contribution in [0.4, 0.5) is 0 Å². The fourth-order valence-corrected chi connectivity index (χ4v) is 0.902. The fourth-order valence-electron chi connectivity index (χ4n) is 0.792. The fraction of sp³-hybridized carbons (Fsp3) is 1.00. The van der Waals surface area contributed by atoms with Crippen molar-refractivity contribution < 1.29 is 4.74 Å². The summed E-state index contributed by atoms with van der Waals surface area (Å²) in [7, 11) is 1.74. The first-order chi connectivity index (χ1) is 5.48. The summed E-state index contributed by atoms with van der Waals surface area (Å²) in [6.07, 6.45) is 1.01. The van der Waals surface area contributed by atoms with E-state index in [4.69, 9.17) is 16.3 Å². The molecule has 1 unspecified atom stereocenters. The largest absolute Gasteiger partial charge is 0.379 e. The zero-order valence-electron chi connectivity index (χ0n) is 8.48. The van der Waals surface area contributed by atoms with Crippen LogP contribution in [0, 0.1) is 0 Å². The lowest BCUT2D eigenvalue weighted by molar-refractivity contribution is 0.0159. The van der Waals surface area contributed by atoms with Crippen molar-refractivity contribution in [2.45, 2.75) is 38.2 Å². The number of hydrogen-bond donors (Lipinski definition) is 1. The Morgan fingerprint density at radius 2 is 2.08 bits per heavy atom. The number of rotatable bonds is 6. The van der Waals surface area contributed by atoms with Gasteiger partial charge in [0.05, 0.1) is 5.60 Å². The van der Waals surface area contributed by atoms with E-state index in [2.05, 4.69) is 19.2 Å². The molecule has 0 aromatic heterocycles. The first-order valence-electron chi connectivity index (χ1n) is 4.38. The Labute approximate surface area is 80.6 Å². The number of hydrogen-bond acceptors (Lipinski definition) is 2. The summed E-state index contributed by atoms with van der Waals surface area (Å²) >= 11 is 5.77. The third-order valence-electron chi connectivity index (χ3n) is 1.88. The summed E-state index contributed by atoms with van der Waals surface area (Å²) < 4.78 is 5.27. The molecule has 0 bridgehead atoms. The summed E-state index contributed by atoms with van der Waals surface area (Å²) in [6.45, 7) is 7.97. The van der Waals surface area contributed by atoms with E-state index in [9.17, 15) is 0 Å². The van der Waals surface area contributed by atoms with Gasteiger partial charge >= 0.3 is 0 Å². The molecule has 0 rings (SSSR count). The summed E-state index contributed by atoms with van der Waals surface area (Å²) in [5, 5.41) is 3.47. The molecule has 0 saturated carbocycles. The van der Waals surface area contributed by atoms with Crippen molar-refractivity contribution in [1.29, 1.82) is 0 Å². The van der Waals surface area contributed by atoms with E-state index in [0.29, 0.717) is 0 Å². The van der Waals surface area contributed by atoms with E-state index in [1.54, 1.807) is 7.11 Å². The Balaban J connectivity index is 3.31. The molecule has 0 fully saturated rings. The number of nitrogens with one attached hydrogen (secondary N) is 1. The molecule has 0 aliphatic carbocycles. The van der Waals surface area contributed by atoms with Crippen LogP contribution in [0.5, 0.6) is 0 Å². The Kier molecular flexibility index (Phi) is 5.89. The van der Waals surface area contributed by atoms with Gasteiger partial charge in [0.1, 0.15) is 0 Å². The molecule has 2 nitrogen and oxygen atoms in total. The second kappa shape index (κ2) is 5.79. The van der Waals surface area contributed by atoms with Crippen LogP contribution in [-0.4, -0.2) is 31.2 Å². The molecule has 0 radical (unpaired) electrons. The van der Waals surface area contributed by atoms with E-state index < -0.39 is 0 Å². The molecule has 0 aliphatic heterocycles. The second-order valence-corrected chi connectivity index (χ2v) is 4.44. The molecular weight excluding hydrogens is 174 g/mol. The highest BCUT2D eigenvalue weighted by Gasteiger charge is 2.14.